The lowest BCUT2D eigenvalue weighted by Gasteiger charge is -2.27. The Morgan fingerprint density at radius 3 is 1.42 bits per heavy atom. The van der Waals surface area contributed by atoms with Crippen molar-refractivity contribution < 1.29 is 37.3 Å². The number of carbonyl (C=O) groups excluding carboxylic acids is 2. The summed E-state index contributed by atoms with van der Waals surface area (Å²) in [6.07, 6.45) is 52.9. The van der Waals surface area contributed by atoms with E-state index in [1.807, 2.05) is 39.4 Å². The van der Waals surface area contributed by atoms with E-state index in [1.54, 1.807) is 0 Å². The molecule has 0 heterocycles. The van der Waals surface area contributed by atoms with Crippen LogP contribution in [0.15, 0.2) is 36.5 Å². The minimum atomic E-state index is -4.45. The first-order chi connectivity index (χ1) is 31.4. The zero-order chi connectivity index (χ0) is 48.0. The fourth-order valence-corrected chi connectivity index (χ4v) is 8.55. The molecule has 10 heteroatoms. The van der Waals surface area contributed by atoms with Crippen LogP contribution in [0.1, 0.15) is 252 Å². The van der Waals surface area contributed by atoms with Crippen molar-refractivity contribution in [3.63, 3.8) is 0 Å². The number of rotatable bonds is 49. The van der Waals surface area contributed by atoms with Crippen LogP contribution in [0.4, 0.5) is 0 Å². The van der Waals surface area contributed by atoms with E-state index >= 15 is 0 Å². The highest BCUT2D eigenvalue weighted by Gasteiger charge is 2.30. The molecule has 0 aromatic rings. The molecule has 65 heavy (non-hydrogen) atoms. The molecule has 0 aromatic carbocycles. The summed E-state index contributed by atoms with van der Waals surface area (Å²) in [6, 6.07) is -0.864. The SMILES string of the molecule is CCCCCCCC/C=C\C/C=C/CCC(=O)OC(/C=C/CCCCCCCCCCCC)C(COP(=O)(O)OCC[N+](C)(C)C)NC(=O)CCCCCCCCCCCCCCCC. The molecule has 0 aliphatic heterocycles. The molecule has 9 nitrogen and oxygen atoms in total. The first-order valence-corrected chi connectivity index (χ1v) is 28.8. The molecule has 0 bridgehead atoms. The summed E-state index contributed by atoms with van der Waals surface area (Å²) >= 11 is 0. The van der Waals surface area contributed by atoms with Crippen molar-refractivity contribution in [3.8, 4) is 0 Å². The topological polar surface area (TPSA) is 111 Å². The van der Waals surface area contributed by atoms with Crippen LogP contribution >= 0.6 is 7.82 Å². The molecule has 0 aliphatic carbocycles. The number of hydrogen-bond donors (Lipinski definition) is 2. The number of phosphoric ester groups is 1. The largest absolute Gasteiger partial charge is 0.472 e. The molecule has 3 unspecified atom stereocenters. The van der Waals surface area contributed by atoms with Crippen LogP contribution in [0, 0.1) is 0 Å². The highest BCUT2D eigenvalue weighted by atomic mass is 31.2. The summed E-state index contributed by atoms with van der Waals surface area (Å²) in [6.45, 7) is 6.97. The van der Waals surface area contributed by atoms with E-state index in [2.05, 4.69) is 44.3 Å². The summed E-state index contributed by atoms with van der Waals surface area (Å²) in [5, 5.41) is 3.03. The Kier molecular flexibility index (Phi) is 44.7. The molecule has 1 amide bonds. The fourth-order valence-electron chi connectivity index (χ4n) is 7.82. The molecule has 0 spiro atoms. The number of hydrogen-bond acceptors (Lipinski definition) is 6. The Hall–Kier alpha value is -1.77. The van der Waals surface area contributed by atoms with Crippen molar-refractivity contribution in [1.29, 1.82) is 0 Å². The Morgan fingerprint density at radius 2 is 0.954 bits per heavy atom. The van der Waals surface area contributed by atoms with Gasteiger partial charge in [-0.2, -0.15) is 0 Å². The van der Waals surface area contributed by atoms with Gasteiger partial charge in [-0.25, -0.2) is 4.57 Å². The van der Waals surface area contributed by atoms with Gasteiger partial charge in [0.25, 0.3) is 0 Å². The van der Waals surface area contributed by atoms with Crippen molar-refractivity contribution in [2.75, 3.05) is 40.9 Å². The Bertz CT molecular complexity index is 1220. The van der Waals surface area contributed by atoms with Gasteiger partial charge in [-0.1, -0.05) is 225 Å². The van der Waals surface area contributed by atoms with Gasteiger partial charge in [0.1, 0.15) is 19.3 Å². The summed E-state index contributed by atoms with van der Waals surface area (Å²) in [4.78, 5) is 37.4. The Balaban J connectivity index is 5.46. The van der Waals surface area contributed by atoms with E-state index in [0.29, 0.717) is 23.9 Å². The van der Waals surface area contributed by atoms with E-state index in [0.717, 1.165) is 51.4 Å². The van der Waals surface area contributed by atoms with Crippen molar-refractivity contribution in [2.45, 2.75) is 264 Å². The average molecular weight is 938 g/mol. The maximum atomic E-state index is 13.4. The highest BCUT2D eigenvalue weighted by molar-refractivity contribution is 7.47. The normalized spacial score (nSPS) is 14.1. The lowest BCUT2D eigenvalue weighted by Crippen LogP contribution is -2.47. The van der Waals surface area contributed by atoms with E-state index in [-0.39, 0.29) is 31.5 Å². The van der Waals surface area contributed by atoms with Crippen molar-refractivity contribution in [3.05, 3.63) is 36.5 Å². The number of amides is 1. The van der Waals surface area contributed by atoms with Gasteiger partial charge in [-0.05, 0) is 51.0 Å². The second kappa shape index (κ2) is 46.0. The predicted octanol–water partition coefficient (Wildman–Crippen LogP) is 16.0. The number of nitrogens with one attached hydrogen (secondary N) is 1. The maximum Gasteiger partial charge on any atom is 0.472 e. The second-order valence-corrected chi connectivity index (χ2v) is 21.2. The molecule has 0 aliphatic rings. The lowest BCUT2D eigenvalue weighted by molar-refractivity contribution is -0.870. The predicted molar refractivity (Wildman–Crippen MR) is 277 cm³/mol. The monoisotopic (exact) mass is 938 g/mol. The molecular formula is C55H106N2O7P+. The number of nitrogens with zero attached hydrogens (tertiary/aromatic N) is 1. The number of esters is 1. The van der Waals surface area contributed by atoms with E-state index in [4.69, 9.17) is 13.8 Å². The smallest absolute Gasteiger partial charge is 0.456 e. The quantitative estimate of drug-likeness (QED) is 0.0205. The van der Waals surface area contributed by atoms with Gasteiger partial charge in [0.15, 0.2) is 0 Å². The summed E-state index contributed by atoms with van der Waals surface area (Å²) < 4.78 is 30.5. The molecule has 382 valence electrons. The maximum absolute atomic E-state index is 13.4. The molecule has 0 radical (unpaired) electrons. The molecule has 2 N–H and O–H groups in total. The first-order valence-electron chi connectivity index (χ1n) is 27.3. The zero-order valence-electron chi connectivity index (χ0n) is 43.5. The summed E-state index contributed by atoms with van der Waals surface area (Å²) in [7, 11) is 1.48. The average Bonchev–Trinajstić information content (AvgIpc) is 3.26. The van der Waals surface area contributed by atoms with Crippen molar-refractivity contribution in [1.82, 2.24) is 5.32 Å². The lowest BCUT2D eigenvalue weighted by atomic mass is 10.0. The number of carbonyl (C=O) groups is 2. The van der Waals surface area contributed by atoms with Gasteiger partial charge in [-0.15, -0.1) is 0 Å². The number of ether oxygens (including phenoxy) is 1. The van der Waals surface area contributed by atoms with E-state index < -0.39 is 20.0 Å². The molecule has 0 aromatic heterocycles. The Morgan fingerprint density at radius 1 is 0.538 bits per heavy atom. The standard InChI is InChI=1S/C55H105N2O7P/c1-7-10-13-16-19-22-25-28-30-32-35-38-41-44-47-54(58)56-52(51-63-65(60,61)62-50-49-57(4,5)6)53(46-43-40-37-34-31-27-24-21-18-15-12-9-3)64-55(59)48-45-42-39-36-33-29-26-23-20-17-14-11-8-2/h29,33,39,42-43,46,52-53H,7-28,30-32,34-38,40-41,44-45,47-51H2,1-6H3,(H-,56,58,60,61)/p+1/b33-29-,42-39+,46-43+. The van der Waals surface area contributed by atoms with Crippen LogP contribution in [0.3, 0.4) is 0 Å². The van der Waals surface area contributed by atoms with Crippen LogP contribution in [-0.4, -0.2) is 74.3 Å². The molecule has 0 rings (SSSR count). The van der Waals surface area contributed by atoms with Crippen molar-refractivity contribution in [2.24, 2.45) is 0 Å². The molecule has 3 atom stereocenters. The molecule has 0 fully saturated rings. The van der Waals surface area contributed by atoms with Gasteiger partial charge in [0, 0.05) is 12.8 Å². The van der Waals surface area contributed by atoms with E-state index in [1.165, 1.54) is 161 Å². The Labute approximate surface area is 402 Å². The molecular weight excluding hydrogens is 832 g/mol. The third-order valence-electron chi connectivity index (χ3n) is 12.1. The van der Waals surface area contributed by atoms with Gasteiger partial charge in [0.2, 0.25) is 5.91 Å². The van der Waals surface area contributed by atoms with Crippen LogP contribution in [0.25, 0.3) is 0 Å². The van der Waals surface area contributed by atoms with E-state index in [9.17, 15) is 19.0 Å². The van der Waals surface area contributed by atoms with Crippen LogP contribution in [-0.2, 0) is 27.9 Å². The number of unbranched alkanes of at least 4 members (excludes halogenated alkanes) is 29. The minimum Gasteiger partial charge on any atom is -0.456 e. The minimum absolute atomic E-state index is 0.0348. The molecule has 0 saturated carbocycles. The number of likely N-dealkylation sites (N-methyl/N-ethyl adjacent to an activating group) is 1. The van der Waals surface area contributed by atoms with Gasteiger partial charge < -0.3 is 19.4 Å². The van der Waals surface area contributed by atoms with Crippen LogP contribution in [0.5, 0.6) is 0 Å². The third kappa shape index (κ3) is 47.1. The van der Waals surface area contributed by atoms with Crippen LogP contribution < -0.4 is 5.32 Å². The van der Waals surface area contributed by atoms with Gasteiger partial charge in [0.05, 0.1) is 33.8 Å². The van der Waals surface area contributed by atoms with Gasteiger partial charge in [-0.3, -0.25) is 18.6 Å². The van der Waals surface area contributed by atoms with Gasteiger partial charge >= 0.3 is 13.8 Å². The second-order valence-electron chi connectivity index (χ2n) is 19.8. The zero-order valence-corrected chi connectivity index (χ0v) is 44.4. The number of quaternary nitrogens is 1. The number of phosphoric acid groups is 1. The summed E-state index contributed by atoms with van der Waals surface area (Å²) in [5.74, 6) is -0.577. The third-order valence-corrected chi connectivity index (χ3v) is 13.1. The summed E-state index contributed by atoms with van der Waals surface area (Å²) in [5.41, 5.74) is 0. The van der Waals surface area contributed by atoms with Crippen LogP contribution in [0.2, 0.25) is 0 Å². The highest BCUT2D eigenvalue weighted by Crippen LogP contribution is 2.43. The van der Waals surface area contributed by atoms with Crippen molar-refractivity contribution >= 4 is 19.7 Å². The fraction of sp³-hybridized carbons (Fsp3) is 0.855. The number of allylic oxidation sites excluding steroid dienone is 5. The molecule has 0 saturated heterocycles. The first kappa shape index (κ1) is 63.2.